The van der Waals surface area contributed by atoms with Crippen LogP contribution in [0.4, 0.5) is 5.82 Å². The van der Waals surface area contributed by atoms with Gasteiger partial charge in [0.1, 0.15) is 11.6 Å². The molecule has 0 unspecified atom stereocenters. The number of hydrogen-bond acceptors (Lipinski definition) is 8. The standard InChI is InChI=1S/C48H59N3O5/c1-50-32-37-13-7-14-38(23-24-52)39(26-37)15-8-16-44(53)31-45(54)22-21-40-29-47(56-2)46(55)28-42(40)27-43-33-51-48(49)30-41(43)20-19-36-12-6-11-35(25-36)18-17-34-9-4-3-5-10-34/h3-7,9-12,14,21-22,25,28-30,33,37-39,50,52,55H,8,13,15-20,23-24,26-27,31-32H2,1-2H3,(H2,49,51)/b22-21-/t37-,38-,39+/m0/s1. The number of ketones is 2. The summed E-state index contributed by atoms with van der Waals surface area (Å²) in [4.78, 5) is 30.4. The number of aryl methyl sites for hydroxylation is 4. The molecule has 1 aliphatic carbocycles. The van der Waals surface area contributed by atoms with Crippen LogP contribution in [-0.4, -0.2) is 54.1 Å². The number of nitrogens with one attached hydrogen (secondary N) is 1. The Labute approximate surface area is 332 Å². The van der Waals surface area contributed by atoms with Crippen molar-refractivity contribution in [2.45, 2.75) is 77.0 Å². The highest BCUT2D eigenvalue weighted by Crippen LogP contribution is 2.34. The molecule has 3 aromatic carbocycles. The van der Waals surface area contributed by atoms with E-state index in [1.54, 1.807) is 24.4 Å². The van der Waals surface area contributed by atoms with Gasteiger partial charge in [0, 0.05) is 19.2 Å². The second-order valence-corrected chi connectivity index (χ2v) is 15.2. The number of nitrogen functional groups attached to an aromatic ring is 1. The summed E-state index contributed by atoms with van der Waals surface area (Å²) in [6.45, 7) is 1.10. The third-order valence-corrected chi connectivity index (χ3v) is 11.0. The fourth-order valence-corrected chi connectivity index (χ4v) is 8.05. The Balaban J connectivity index is 1.21. The number of nitrogens with two attached hydrogens (primary N) is 1. The zero-order chi connectivity index (χ0) is 39.7. The maximum Gasteiger partial charge on any atom is 0.163 e. The summed E-state index contributed by atoms with van der Waals surface area (Å²) in [6, 6.07) is 24.6. The van der Waals surface area contributed by atoms with E-state index >= 15 is 0 Å². The minimum absolute atomic E-state index is 0.00101. The molecule has 0 bridgehead atoms. The SMILES string of the molecule is CNC[C@H]1CC=C[C@@H](CCO)[C@H](CCCC(=O)CC(=O)/C=C\c2cc(OC)c(O)cc2Cc2cnc(N)cc2CCc2cccc(CCc3ccccc3)c2)C1. The van der Waals surface area contributed by atoms with Crippen LogP contribution in [0.1, 0.15) is 83.9 Å². The fraction of sp³-hybridized carbons (Fsp3) is 0.396. The van der Waals surface area contributed by atoms with Gasteiger partial charge in [0.05, 0.1) is 13.5 Å². The number of anilines is 1. The highest BCUT2D eigenvalue weighted by atomic mass is 16.5. The van der Waals surface area contributed by atoms with E-state index < -0.39 is 0 Å². The molecule has 0 radical (unpaired) electrons. The van der Waals surface area contributed by atoms with E-state index in [2.05, 4.69) is 71.0 Å². The van der Waals surface area contributed by atoms with Crippen molar-refractivity contribution in [1.82, 2.24) is 10.3 Å². The predicted molar refractivity (Wildman–Crippen MR) is 226 cm³/mol. The van der Waals surface area contributed by atoms with Gasteiger partial charge >= 0.3 is 0 Å². The van der Waals surface area contributed by atoms with E-state index in [4.69, 9.17) is 10.5 Å². The van der Waals surface area contributed by atoms with Gasteiger partial charge < -0.3 is 26.0 Å². The lowest BCUT2D eigenvalue weighted by molar-refractivity contribution is -0.124. The van der Waals surface area contributed by atoms with Crippen molar-refractivity contribution in [1.29, 1.82) is 0 Å². The number of rotatable bonds is 21. The Kier molecular flexibility index (Phi) is 16.5. The first-order chi connectivity index (χ1) is 27.2. The van der Waals surface area contributed by atoms with Crippen molar-refractivity contribution in [2.24, 2.45) is 17.8 Å². The van der Waals surface area contributed by atoms with Gasteiger partial charge in [0.2, 0.25) is 0 Å². The van der Waals surface area contributed by atoms with Crippen LogP contribution in [0, 0.1) is 17.8 Å². The molecule has 8 nitrogen and oxygen atoms in total. The molecule has 8 heteroatoms. The molecule has 3 atom stereocenters. The first-order valence-corrected chi connectivity index (χ1v) is 20.1. The number of ether oxygens (including phenoxy) is 1. The molecule has 4 aromatic rings. The number of methoxy groups -OCH3 is 1. The van der Waals surface area contributed by atoms with Gasteiger partial charge in [-0.15, -0.1) is 0 Å². The Bertz CT molecular complexity index is 1940. The summed E-state index contributed by atoms with van der Waals surface area (Å²) >= 11 is 0. The molecule has 0 aliphatic heterocycles. The molecule has 5 rings (SSSR count). The van der Waals surface area contributed by atoms with Crippen LogP contribution in [0.3, 0.4) is 0 Å². The number of Topliss-reactive ketones (excluding diaryl/α,β-unsaturated/α-hetero) is 1. The van der Waals surface area contributed by atoms with Crippen molar-refractivity contribution in [3.63, 3.8) is 0 Å². The number of aliphatic hydroxyl groups is 1. The topological polar surface area (TPSA) is 135 Å². The first kappa shape index (κ1) is 42.1. The number of phenolic OH excluding ortho intramolecular Hbond substituents is 1. The largest absolute Gasteiger partial charge is 0.504 e. The van der Waals surface area contributed by atoms with E-state index in [0.29, 0.717) is 47.7 Å². The number of carbonyl (C=O) groups is 2. The Hall–Kier alpha value is -5.05. The summed E-state index contributed by atoms with van der Waals surface area (Å²) in [5.41, 5.74) is 13.6. The zero-order valence-corrected chi connectivity index (χ0v) is 33.1. The highest BCUT2D eigenvalue weighted by Gasteiger charge is 2.25. The Morgan fingerprint density at radius 2 is 1.68 bits per heavy atom. The third kappa shape index (κ3) is 13.0. The number of hydrogen-bond donors (Lipinski definition) is 4. The van der Waals surface area contributed by atoms with Crippen LogP contribution in [0.25, 0.3) is 6.08 Å². The van der Waals surface area contributed by atoms with Crippen LogP contribution in [0.2, 0.25) is 0 Å². The average molecular weight is 758 g/mol. The maximum absolute atomic E-state index is 13.1. The lowest BCUT2D eigenvalue weighted by atomic mass is 9.81. The molecule has 0 amide bonds. The molecule has 0 saturated heterocycles. The normalized spacial score (nSPS) is 16.9. The number of nitrogens with zero attached hydrogens (tertiary/aromatic N) is 1. The molecule has 5 N–H and O–H groups in total. The van der Waals surface area contributed by atoms with Crippen molar-refractivity contribution in [3.05, 3.63) is 136 Å². The number of allylic oxidation sites excluding steroid dienone is 3. The van der Waals surface area contributed by atoms with Crippen LogP contribution in [0.5, 0.6) is 11.5 Å². The monoisotopic (exact) mass is 757 g/mol. The predicted octanol–water partition coefficient (Wildman–Crippen LogP) is 8.05. The van der Waals surface area contributed by atoms with Gasteiger partial charge in [-0.3, -0.25) is 9.59 Å². The number of benzene rings is 3. The van der Waals surface area contributed by atoms with Crippen LogP contribution in [-0.2, 0) is 41.7 Å². The Morgan fingerprint density at radius 1 is 0.929 bits per heavy atom. The number of aromatic nitrogens is 1. The fourth-order valence-electron chi connectivity index (χ4n) is 8.05. The second-order valence-electron chi connectivity index (χ2n) is 15.2. The van der Waals surface area contributed by atoms with Gasteiger partial charge in [-0.25, -0.2) is 4.98 Å². The van der Waals surface area contributed by atoms with Crippen LogP contribution < -0.4 is 15.8 Å². The van der Waals surface area contributed by atoms with E-state index in [1.807, 2.05) is 19.2 Å². The summed E-state index contributed by atoms with van der Waals surface area (Å²) in [5, 5.41) is 23.7. The van der Waals surface area contributed by atoms with Crippen molar-refractivity contribution < 1.29 is 24.5 Å². The molecular formula is C48H59N3O5. The molecule has 56 heavy (non-hydrogen) atoms. The van der Waals surface area contributed by atoms with E-state index in [1.165, 1.54) is 29.9 Å². The smallest absolute Gasteiger partial charge is 0.163 e. The van der Waals surface area contributed by atoms with Crippen LogP contribution >= 0.6 is 0 Å². The molecule has 0 saturated carbocycles. The summed E-state index contributed by atoms with van der Waals surface area (Å²) in [5.74, 6) is 1.66. The first-order valence-electron chi connectivity index (χ1n) is 20.1. The minimum Gasteiger partial charge on any atom is -0.504 e. The van der Waals surface area contributed by atoms with Crippen molar-refractivity contribution in [3.8, 4) is 11.5 Å². The number of aromatic hydroxyl groups is 1. The van der Waals surface area contributed by atoms with Gasteiger partial charge in [0.15, 0.2) is 17.3 Å². The molecule has 0 spiro atoms. The van der Waals surface area contributed by atoms with Crippen molar-refractivity contribution >= 4 is 23.5 Å². The number of phenols is 1. The molecular weight excluding hydrogens is 699 g/mol. The number of carbonyl (C=O) groups excluding carboxylic acids is 2. The lowest BCUT2D eigenvalue weighted by Crippen LogP contribution is -2.23. The number of pyridine rings is 1. The van der Waals surface area contributed by atoms with Gasteiger partial charge in [-0.05, 0) is 159 Å². The molecule has 1 aromatic heterocycles. The molecule has 1 heterocycles. The molecule has 1 aliphatic rings. The van der Waals surface area contributed by atoms with Gasteiger partial charge in [-0.2, -0.15) is 0 Å². The molecule has 296 valence electrons. The second kappa shape index (κ2) is 21.9. The van der Waals surface area contributed by atoms with Gasteiger partial charge in [-0.1, -0.05) is 72.8 Å². The van der Waals surface area contributed by atoms with Crippen LogP contribution in [0.15, 0.2) is 97.2 Å². The quantitative estimate of drug-likeness (QED) is 0.0381. The lowest BCUT2D eigenvalue weighted by Gasteiger charge is -2.26. The Morgan fingerprint density at radius 3 is 2.43 bits per heavy atom. The minimum atomic E-state index is -0.265. The summed E-state index contributed by atoms with van der Waals surface area (Å²) in [6.07, 6.45) is 18.1. The highest BCUT2D eigenvalue weighted by molar-refractivity contribution is 6.06. The van der Waals surface area contributed by atoms with E-state index in [0.717, 1.165) is 81.0 Å². The maximum atomic E-state index is 13.1. The summed E-state index contributed by atoms with van der Waals surface area (Å²) < 4.78 is 5.41. The third-order valence-electron chi connectivity index (χ3n) is 11.0. The average Bonchev–Trinajstić information content (AvgIpc) is 3.38. The van der Waals surface area contributed by atoms with E-state index in [9.17, 15) is 19.8 Å². The summed E-state index contributed by atoms with van der Waals surface area (Å²) in [7, 11) is 3.46. The van der Waals surface area contributed by atoms with Gasteiger partial charge in [0.25, 0.3) is 0 Å². The van der Waals surface area contributed by atoms with E-state index in [-0.39, 0.29) is 30.3 Å². The zero-order valence-electron chi connectivity index (χ0n) is 33.1. The van der Waals surface area contributed by atoms with Crippen molar-refractivity contribution in [2.75, 3.05) is 33.0 Å². The number of aliphatic hydroxyl groups excluding tert-OH is 1. The molecule has 0 fully saturated rings.